The second-order valence-corrected chi connectivity index (χ2v) is 4.75. The van der Waals surface area contributed by atoms with Crippen molar-refractivity contribution in [3.05, 3.63) is 16.7 Å². The molecule has 1 aromatic heterocycles. The van der Waals surface area contributed by atoms with E-state index in [2.05, 4.69) is 15.3 Å². The molecule has 6 heteroatoms. The molecule has 2 rings (SSSR count). The highest BCUT2D eigenvalue weighted by Gasteiger charge is 2.15. The molecular weight excluding hydrogens is 212 g/mol. The predicted molar refractivity (Wildman–Crippen MR) is 63.2 cm³/mol. The van der Waals surface area contributed by atoms with Crippen LogP contribution < -0.4 is 16.6 Å². The number of nitrogen functional groups attached to an aromatic ring is 1. The molecule has 0 saturated carbocycles. The molecule has 82 valence electrons. The summed E-state index contributed by atoms with van der Waals surface area (Å²) in [6.45, 7) is 0. The van der Waals surface area contributed by atoms with E-state index in [1.807, 2.05) is 11.8 Å². The average Bonchev–Trinajstić information content (AvgIpc) is 2.26. The Morgan fingerprint density at radius 2 is 2.27 bits per heavy atom. The van der Waals surface area contributed by atoms with E-state index >= 15 is 0 Å². The van der Waals surface area contributed by atoms with Gasteiger partial charge in [-0.3, -0.25) is 4.79 Å². The molecule has 0 unspecified atom stereocenters. The first kappa shape index (κ1) is 10.4. The fraction of sp³-hybridized carbons (Fsp3) is 0.556. The number of nitrogens with two attached hydrogens (primary N) is 1. The Hall–Kier alpha value is -1.17. The number of rotatable bonds is 2. The summed E-state index contributed by atoms with van der Waals surface area (Å²) in [5.41, 5.74) is 5.52. The van der Waals surface area contributed by atoms with Crippen LogP contribution in [0.15, 0.2) is 11.1 Å². The molecule has 15 heavy (non-hydrogen) atoms. The number of H-pyrrole nitrogens is 1. The molecule has 1 aliphatic rings. The SMILES string of the molecule is Nc1c(NC2CCSCC2)nc[nH]c1=O. The molecule has 0 aromatic carbocycles. The van der Waals surface area contributed by atoms with Crippen molar-refractivity contribution in [2.24, 2.45) is 0 Å². The van der Waals surface area contributed by atoms with Gasteiger partial charge in [-0.25, -0.2) is 4.98 Å². The highest BCUT2D eigenvalue weighted by atomic mass is 32.2. The summed E-state index contributed by atoms with van der Waals surface area (Å²) in [4.78, 5) is 17.7. The van der Waals surface area contributed by atoms with Crippen molar-refractivity contribution in [3.63, 3.8) is 0 Å². The Balaban J connectivity index is 2.09. The van der Waals surface area contributed by atoms with E-state index in [0.29, 0.717) is 11.9 Å². The summed E-state index contributed by atoms with van der Waals surface area (Å²) in [5.74, 6) is 2.82. The number of hydrogen-bond acceptors (Lipinski definition) is 5. The van der Waals surface area contributed by atoms with E-state index in [1.54, 1.807) is 0 Å². The Kier molecular flexibility index (Phi) is 3.15. The Bertz CT molecular complexity index is 386. The lowest BCUT2D eigenvalue weighted by molar-refractivity contribution is 0.663. The van der Waals surface area contributed by atoms with Gasteiger partial charge in [0.25, 0.3) is 5.56 Å². The lowest BCUT2D eigenvalue weighted by Gasteiger charge is -2.23. The zero-order chi connectivity index (χ0) is 10.7. The van der Waals surface area contributed by atoms with E-state index in [-0.39, 0.29) is 11.2 Å². The van der Waals surface area contributed by atoms with Crippen LogP contribution in [0.25, 0.3) is 0 Å². The Labute approximate surface area is 91.9 Å². The molecule has 5 nitrogen and oxygen atoms in total. The normalized spacial score (nSPS) is 17.6. The molecule has 4 N–H and O–H groups in total. The van der Waals surface area contributed by atoms with Gasteiger partial charge in [0.1, 0.15) is 5.69 Å². The van der Waals surface area contributed by atoms with E-state index in [1.165, 1.54) is 6.33 Å². The Morgan fingerprint density at radius 1 is 1.53 bits per heavy atom. The second kappa shape index (κ2) is 4.57. The molecule has 1 fully saturated rings. The van der Waals surface area contributed by atoms with Crippen LogP contribution in [0.1, 0.15) is 12.8 Å². The summed E-state index contributed by atoms with van der Waals surface area (Å²) >= 11 is 1.96. The van der Waals surface area contributed by atoms with Crippen molar-refractivity contribution >= 4 is 23.3 Å². The zero-order valence-corrected chi connectivity index (χ0v) is 9.14. The first-order chi connectivity index (χ1) is 7.27. The van der Waals surface area contributed by atoms with Crippen molar-refractivity contribution in [1.82, 2.24) is 9.97 Å². The largest absolute Gasteiger partial charge is 0.391 e. The van der Waals surface area contributed by atoms with Gasteiger partial charge in [0.15, 0.2) is 5.82 Å². The average molecular weight is 226 g/mol. The van der Waals surface area contributed by atoms with Crippen LogP contribution in [-0.4, -0.2) is 27.5 Å². The van der Waals surface area contributed by atoms with Gasteiger partial charge in [0.05, 0.1) is 6.33 Å². The van der Waals surface area contributed by atoms with E-state index in [0.717, 1.165) is 24.3 Å². The first-order valence-corrected chi connectivity index (χ1v) is 6.10. The smallest absolute Gasteiger partial charge is 0.276 e. The molecule has 0 amide bonds. The standard InChI is InChI=1S/C9H14N4OS/c10-7-8(11-5-12-9(7)14)13-6-1-3-15-4-2-6/h5-6H,1-4,10H2,(H2,11,12,13,14). The van der Waals surface area contributed by atoms with Gasteiger partial charge in [0, 0.05) is 6.04 Å². The van der Waals surface area contributed by atoms with Gasteiger partial charge in [-0.15, -0.1) is 0 Å². The third-order valence-electron chi connectivity index (χ3n) is 2.45. The van der Waals surface area contributed by atoms with E-state index < -0.39 is 0 Å². The minimum Gasteiger partial charge on any atom is -0.391 e. The van der Waals surface area contributed by atoms with Crippen LogP contribution in [0, 0.1) is 0 Å². The molecule has 0 atom stereocenters. The number of aromatic amines is 1. The molecule has 0 spiro atoms. The molecule has 1 aromatic rings. The Morgan fingerprint density at radius 3 is 3.00 bits per heavy atom. The maximum absolute atomic E-state index is 11.2. The van der Waals surface area contributed by atoms with Gasteiger partial charge in [-0.1, -0.05) is 0 Å². The summed E-state index contributed by atoms with van der Waals surface area (Å²) < 4.78 is 0. The first-order valence-electron chi connectivity index (χ1n) is 4.95. The summed E-state index contributed by atoms with van der Waals surface area (Å²) in [7, 11) is 0. The number of anilines is 2. The fourth-order valence-corrected chi connectivity index (χ4v) is 2.67. The van der Waals surface area contributed by atoms with Crippen LogP contribution in [-0.2, 0) is 0 Å². The summed E-state index contributed by atoms with van der Waals surface area (Å²) in [5, 5.41) is 3.22. The third kappa shape index (κ3) is 2.44. The number of aromatic nitrogens is 2. The molecular formula is C9H14N4OS. The molecule has 1 aliphatic heterocycles. The monoisotopic (exact) mass is 226 g/mol. The molecule has 2 heterocycles. The topological polar surface area (TPSA) is 83.8 Å². The number of nitrogens with one attached hydrogen (secondary N) is 2. The van der Waals surface area contributed by atoms with Crippen molar-refractivity contribution in [2.45, 2.75) is 18.9 Å². The predicted octanol–water partition coefficient (Wildman–Crippen LogP) is 0.660. The summed E-state index contributed by atoms with van der Waals surface area (Å²) in [6.07, 6.45) is 3.57. The van der Waals surface area contributed by atoms with Gasteiger partial charge < -0.3 is 16.0 Å². The van der Waals surface area contributed by atoms with Crippen LogP contribution in [0.4, 0.5) is 11.5 Å². The number of nitrogens with zero attached hydrogens (tertiary/aromatic N) is 1. The van der Waals surface area contributed by atoms with Gasteiger partial charge >= 0.3 is 0 Å². The molecule has 0 radical (unpaired) electrons. The second-order valence-electron chi connectivity index (χ2n) is 3.52. The van der Waals surface area contributed by atoms with E-state index in [9.17, 15) is 4.79 Å². The van der Waals surface area contributed by atoms with Gasteiger partial charge in [-0.2, -0.15) is 11.8 Å². The lowest BCUT2D eigenvalue weighted by Crippen LogP contribution is -2.27. The zero-order valence-electron chi connectivity index (χ0n) is 8.32. The summed E-state index contributed by atoms with van der Waals surface area (Å²) in [6, 6.07) is 0.392. The van der Waals surface area contributed by atoms with E-state index in [4.69, 9.17) is 5.73 Å². The quantitative estimate of drug-likeness (QED) is 0.690. The number of hydrogen-bond donors (Lipinski definition) is 3. The number of thioether (sulfide) groups is 1. The van der Waals surface area contributed by atoms with Crippen LogP contribution >= 0.6 is 11.8 Å². The third-order valence-corrected chi connectivity index (χ3v) is 3.50. The van der Waals surface area contributed by atoms with Crippen molar-refractivity contribution < 1.29 is 0 Å². The van der Waals surface area contributed by atoms with Gasteiger partial charge in [-0.05, 0) is 24.3 Å². The maximum atomic E-state index is 11.2. The molecule has 0 aliphatic carbocycles. The van der Waals surface area contributed by atoms with Crippen LogP contribution in [0.2, 0.25) is 0 Å². The fourth-order valence-electron chi connectivity index (χ4n) is 1.56. The minimum atomic E-state index is -0.280. The van der Waals surface area contributed by atoms with Gasteiger partial charge in [0.2, 0.25) is 0 Å². The van der Waals surface area contributed by atoms with Crippen molar-refractivity contribution in [3.8, 4) is 0 Å². The lowest BCUT2D eigenvalue weighted by atomic mass is 10.1. The highest BCUT2D eigenvalue weighted by Crippen LogP contribution is 2.21. The minimum absolute atomic E-state index is 0.177. The van der Waals surface area contributed by atoms with Crippen molar-refractivity contribution in [2.75, 3.05) is 22.6 Å². The highest BCUT2D eigenvalue weighted by molar-refractivity contribution is 7.99. The van der Waals surface area contributed by atoms with Crippen LogP contribution in [0.3, 0.4) is 0 Å². The van der Waals surface area contributed by atoms with Crippen molar-refractivity contribution in [1.29, 1.82) is 0 Å². The van der Waals surface area contributed by atoms with Crippen LogP contribution in [0.5, 0.6) is 0 Å². The molecule has 0 bridgehead atoms. The molecule has 1 saturated heterocycles. The maximum Gasteiger partial charge on any atom is 0.276 e.